The molecule has 0 saturated heterocycles. The molecule has 1 rings (SSSR count). The van der Waals surface area contributed by atoms with Gasteiger partial charge in [-0.2, -0.15) is 0 Å². The summed E-state index contributed by atoms with van der Waals surface area (Å²) in [5, 5.41) is 10.8. The van der Waals surface area contributed by atoms with Gasteiger partial charge in [-0.1, -0.05) is 91.9 Å². The molecule has 0 radical (unpaired) electrons. The maximum absolute atomic E-state index is 10.2. The predicted octanol–water partition coefficient (Wildman–Crippen LogP) is 6.67. The Hall–Kier alpha value is -0.0500. The average Bonchev–Trinajstić information content (AvgIpc) is 2.41. The highest BCUT2D eigenvalue weighted by Crippen LogP contribution is 2.29. The molecule has 0 bridgehead atoms. The normalized spacial score (nSPS) is 12.6. The molecule has 0 aliphatic heterocycles. The van der Waals surface area contributed by atoms with E-state index in [1.54, 1.807) is 0 Å². The molecule has 1 aromatic carbocycles. The Labute approximate surface area is 136 Å². The average molecular weight is 362 g/mol. The fraction of sp³-hybridized carbons (Fsp3) is 0.647. The molecule has 20 heavy (non-hydrogen) atoms. The summed E-state index contributed by atoms with van der Waals surface area (Å²) in [5.41, 5.74) is 0.845. The zero-order valence-corrected chi connectivity index (χ0v) is 14.7. The first-order valence-corrected chi connectivity index (χ1v) is 8.95. The Bertz CT molecular complexity index is 381. The lowest BCUT2D eigenvalue weighted by molar-refractivity contribution is 0.163. The van der Waals surface area contributed by atoms with Gasteiger partial charge in [0.1, 0.15) is 0 Å². The minimum absolute atomic E-state index is 0.435. The number of aliphatic hydroxyl groups is 1. The van der Waals surface area contributed by atoms with Gasteiger partial charge in [0, 0.05) is 9.50 Å². The van der Waals surface area contributed by atoms with E-state index in [4.69, 9.17) is 11.6 Å². The van der Waals surface area contributed by atoms with Crippen molar-refractivity contribution in [3.05, 3.63) is 33.3 Å². The highest BCUT2D eigenvalue weighted by molar-refractivity contribution is 9.10. The molecule has 0 fully saturated rings. The first-order chi connectivity index (χ1) is 9.65. The Morgan fingerprint density at radius 1 is 1.05 bits per heavy atom. The molecule has 0 amide bonds. The summed E-state index contributed by atoms with van der Waals surface area (Å²) in [6.07, 6.45) is 10.6. The summed E-state index contributed by atoms with van der Waals surface area (Å²) in [5.74, 6) is 0. The summed E-state index contributed by atoms with van der Waals surface area (Å²) >= 11 is 9.52. The van der Waals surface area contributed by atoms with E-state index in [0.717, 1.165) is 22.9 Å². The molecule has 114 valence electrons. The molecule has 0 heterocycles. The Kier molecular flexibility index (Phi) is 9.58. The van der Waals surface area contributed by atoms with Gasteiger partial charge >= 0.3 is 0 Å². The van der Waals surface area contributed by atoms with Crippen LogP contribution in [0.5, 0.6) is 0 Å². The van der Waals surface area contributed by atoms with Crippen LogP contribution in [0.1, 0.15) is 76.4 Å². The van der Waals surface area contributed by atoms with Gasteiger partial charge in [0.15, 0.2) is 0 Å². The number of unbranched alkanes of at least 4 members (excludes halogenated alkanes) is 7. The van der Waals surface area contributed by atoms with Crippen LogP contribution in [-0.4, -0.2) is 5.11 Å². The van der Waals surface area contributed by atoms with E-state index < -0.39 is 6.10 Å². The van der Waals surface area contributed by atoms with Crippen molar-refractivity contribution < 1.29 is 5.11 Å². The molecule has 3 heteroatoms. The lowest BCUT2D eigenvalue weighted by Gasteiger charge is -2.12. The van der Waals surface area contributed by atoms with Crippen LogP contribution in [0, 0.1) is 0 Å². The quantitative estimate of drug-likeness (QED) is 0.461. The Morgan fingerprint density at radius 2 is 1.65 bits per heavy atom. The molecular formula is C17H26BrClO. The first kappa shape index (κ1) is 18.0. The number of benzene rings is 1. The molecule has 0 aliphatic carbocycles. The molecule has 0 aliphatic rings. The smallest absolute Gasteiger partial charge is 0.0804 e. The van der Waals surface area contributed by atoms with Gasteiger partial charge in [-0.25, -0.2) is 0 Å². The van der Waals surface area contributed by atoms with E-state index in [1.165, 1.54) is 44.9 Å². The fourth-order valence-corrected chi connectivity index (χ4v) is 3.20. The number of hydrogen-bond donors (Lipinski definition) is 1. The zero-order chi connectivity index (χ0) is 14.8. The van der Waals surface area contributed by atoms with Crippen molar-refractivity contribution in [1.82, 2.24) is 0 Å². The maximum atomic E-state index is 10.2. The number of aliphatic hydroxyl groups excluding tert-OH is 1. The molecule has 1 aromatic rings. The van der Waals surface area contributed by atoms with E-state index in [0.29, 0.717) is 5.02 Å². The van der Waals surface area contributed by atoms with Crippen LogP contribution in [0.2, 0.25) is 5.02 Å². The van der Waals surface area contributed by atoms with Gasteiger partial charge in [-0.3, -0.25) is 0 Å². The van der Waals surface area contributed by atoms with Crippen molar-refractivity contribution in [1.29, 1.82) is 0 Å². The van der Waals surface area contributed by atoms with Crippen molar-refractivity contribution in [2.24, 2.45) is 0 Å². The lowest BCUT2D eigenvalue weighted by atomic mass is 10.0. The highest BCUT2D eigenvalue weighted by Gasteiger charge is 2.11. The van der Waals surface area contributed by atoms with E-state index in [1.807, 2.05) is 18.2 Å². The van der Waals surface area contributed by atoms with E-state index in [9.17, 15) is 5.11 Å². The number of rotatable bonds is 10. The van der Waals surface area contributed by atoms with Crippen LogP contribution in [0.4, 0.5) is 0 Å². The van der Waals surface area contributed by atoms with Crippen LogP contribution in [-0.2, 0) is 0 Å². The van der Waals surface area contributed by atoms with E-state index in [-0.39, 0.29) is 0 Å². The molecule has 1 atom stereocenters. The van der Waals surface area contributed by atoms with E-state index in [2.05, 4.69) is 22.9 Å². The summed E-state index contributed by atoms with van der Waals surface area (Å²) < 4.78 is 0.950. The minimum Gasteiger partial charge on any atom is -0.388 e. The number of hydrogen-bond acceptors (Lipinski definition) is 1. The third kappa shape index (κ3) is 7.10. The van der Waals surface area contributed by atoms with Gasteiger partial charge in [-0.15, -0.1) is 0 Å². The Morgan fingerprint density at radius 3 is 2.25 bits per heavy atom. The lowest BCUT2D eigenvalue weighted by Crippen LogP contribution is -1.98. The Balaban J connectivity index is 2.15. The van der Waals surface area contributed by atoms with Gasteiger partial charge in [0.2, 0.25) is 0 Å². The predicted molar refractivity (Wildman–Crippen MR) is 91.3 cm³/mol. The molecule has 1 nitrogen and oxygen atoms in total. The fourth-order valence-electron chi connectivity index (χ4n) is 2.40. The summed E-state index contributed by atoms with van der Waals surface area (Å²) in [6, 6.07) is 5.67. The van der Waals surface area contributed by atoms with Crippen LogP contribution >= 0.6 is 27.5 Å². The molecular weight excluding hydrogens is 336 g/mol. The van der Waals surface area contributed by atoms with Gasteiger partial charge in [0.25, 0.3) is 0 Å². The third-order valence-corrected chi connectivity index (χ3v) is 4.47. The largest absolute Gasteiger partial charge is 0.388 e. The monoisotopic (exact) mass is 360 g/mol. The second-order valence-corrected chi connectivity index (χ2v) is 6.77. The van der Waals surface area contributed by atoms with Crippen LogP contribution in [0.3, 0.4) is 0 Å². The minimum atomic E-state index is -0.435. The first-order valence-electron chi connectivity index (χ1n) is 7.78. The van der Waals surface area contributed by atoms with Crippen molar-refractivity contribution in [3.8, 4) is 0 Å². The van der Waals surface area contributed by atoms with Gasteiger partial charge < -0.3 is 5.11 Å². The van der Waals surface area contributed by atoms with Crippen LogP contribution < -0.4 is 0 Å². The molecule has 1 N–H and O–H groups in total. The molecule has 0 spiro atoms. The van der Waals surface area contributed by atoms with Gasteiger partial charge in [0.05, 0.1) is 6.10 Å². The van der Waals surface area contributed by atoms with E-state index >= 15 is 0 Å². The van der Waals surface area contributed by atoms with Crippen molar-refractivity contribution in [3.63, 3.8) is 0 Å². The second kappa shape index (κ2) is 10.6. The van der Waals surface area contributed by atoms with Crippen molar-refractivity contribution in [2.45, 2.75) is 70.8 Å². The molecule has 1 unspecified atom stereocenters. The van der Waals surface area contributed by atoms with Crippen molar-refractivity contribution >= 4 is 27.5 Å². The zero-order valence-electron chi connectivity index (χ0n) is 12.4. The van der Waals surface area contributed by atoms with Gasteiger partial charge in [-0.05, 0) is 24.1 Å². The molecule has 0 saturated carbocycles. The topological polar surface area (TPSA) is 20.2 Å². The summed E-state index contributed by atoms with van der Waals surface area (Å²) in [6.45, 7) is 2.24. The van der Waals surface area contributed by atoms with Crippen molar-refractivity contribution in [2.75, 3.05) is 0 Å². The van der Waals surface area contributed by atoms with Crippen LogP contribution in [0.15, 0.2) is 22.7 Å². The maximum Gasteiger partial charge on any atom is 0.0804 e. The standard InChI is InChI=1S/C17H26BrClO/c1-2-3-4-5-6-7-8-9-10-17(20)15-12-11-14(18)13-16(15)19/h11-13,17,20H,2-10H2,1H3. The SMILES string of the molecule is CCCCCCCCCCC(O)c1ccc(Br)cc1Cl. The third-order valence-electron chi connectivity index (χ3n) is 3.65. The summed E-state index contributed by atoms with van der Waals surface area (Å²) in [7, 11) is 0. The second-order valence-electron chi connectivity index (χ2n) is 5.45. The summed E-state index contributed by atoms with van der Waals surface area (Å²) in [4.78, 5) is 0. The number of halogens is 2. The molecule has 0 aromatic heterocycles. The highest BCUT2D eigenvalue weighted by atomic mass is 79.9. The van der Waals surface area contributed by atoms with Crippen LogP contribution in [0.25, 0.3) is 0 Å².